The number of amides is 1. The van der Waals surface area contributed by atoms with Crippen LogP contribution in [0.15, 0.2) is 30.3 Å². The predicted molar refractivity (Wildman–Crippen MR) is 86.8 cm³/mol. The molecule has 2 heterocycles. The predicted octanol–water partition coefficient (Wildman–Crippen LogP) is 3.03. The average molecular weight is 296 g/mol. The van der Waals surface area contributed by atoms with Crippen molar-refractivity contribution in [1.29, 1.82) is 0 Å². The van der Waals surface area contributed by atoms with Crippen molar-refractivity contribution in [2.24, 2.45) is 0 Å². The van der Waals surface area contributed by atoms with Gasteiger partial charge in [-0.3, -0.25) is 4.79 Å². The number of aromatic amines is 2. The summed E-state index contributed by atoms with van der Waals surface area (Å²) in [4.78, 5) is 25.1. The number of nitrogens with one attached hydrogen (secondary N) is 2. The highest BCUT2D eigenvalue weighted by Gasteiger charge is 2.15. The maximum absolute atomic E-state index is 12.4. The van der Waals surface area contributed by atoms with Crippen molar-refractivity contribution in [2.45, 2.75) is 26.8 Å². The normalized spacial score (nSPS) is 11.0. The van der Waals surface area contributed by atoms with Gasteiger partial charge in [0, 0.05) is 12.7 Å². The third-order valence-electron chi connectivity index (χ3n) is 3.85. The molecule has 22 heavy (non-hydrogen) atoms. The van der Waals surface area contributed by atoms with Gasteiger partial charge in [0.1, 0.15) is 11.5 Å². The van der Waals surface area contributed by atoms with Gasteiger partial charge in [-0.25, -0.2) is 4.98 Å². The van der Waals surface area contributed by atoms with E-state index >= 15 is 0 Å². The van der Waals surface area contributed by atoms with Crippen LogP contribution in [0.5, 0.6) is 0 Å². The van der Waals surface area contributed by atoms with E-state index < -0.39 is 0 Å². The molecule has 0 radical (unpaired) electrons. The first-order chi connectivity index (χ1) is 10.6. The van der Waals surface area contributed by atoms with Gasteiger partial charge in [0.05, 0.1) is 17.6 Å². The molecule has 5 nitrogen and oxygen atoms in total. The van der Waals surface area contributed by atoms with Crippen molar-refractivity contribution in [3.05, 3.63) is 53.1 Å². The number of aryl methyl sites for hydroxylation is 2. The molecule has 1 amide bonds. The maximum Gasteiger partial charge on any atom is 0.270 e. The van der Waals surface area contributed by atoms with Crippen molar-refractivity contribution in [2.75, 3.05) is 7.05 Å². The van der Waals surface area contributed by atoms with Crippen LogP contribution in [0, 0.1) is 6.92 Å². The number of fused-ring (bicyclic) bond motifs is 1. The zero-order chi connectivity index (χ0) is 15.7. The second-order valence-corrected chi connectivity index (χ2v) is 5.57. The molecule has 1 aromatic carbocycles. The Morgan fingerprint density at radius 3 is 2.73 bits per heavy atom. The molecule has 3 rings (SSSR count). The SMILES string of the molecule is CCc1ccc(C(=O)N(C)Cc2nc3c(C)cccc3[nH]2)[nH]1. The number of H-pyrrole nitrogens is 2. The van der Waals surface area contributed by atoms with Crippen molar-refractivity contribution < 1.29 is 4.79 Å². The monoisotopic (exact) mass is 296 g/mol. The fourth-order valence-corrected chi connectivity index (χ4v) is 2.57. The number of rotatable bonds is 4. The van der Waals surface area contributed by atoms with E-state index in [0.717, 1.165) is 34.5 Å². The molecular formula is C17H20N4O. The van der Waals surface area contributed by atoms with Gasteiger partial charge in [-0.05, 0) is 37.1 Å². The lowest BCUT2D eigenvalue weighted by molar-refractivity contribution is 0.0776. The number of carbonyl (C=O) groups is 1. The summed E-state index contributed by atoms with van der Waals surface area (Å²) in [6, 6.07) is 9.82. The Morgan fingerprint density at radius 2 is 2.05 bits per heavy atom. The zero-order valence-corrected chi connectivity index (χ0v) is 13.1. The highest BCUT2D eigenvalue weighted by atomic mass is 16.2. The van der Waals surface area contributed by atoms with E-state index in [2.05, 4.69) is 21.9 Å². The number of imidazole rings is 1. The molecule has 0 saturated carbocycles. The topological polar surface area (TPSA) is 64.8 Å². The van der Waals surface area contributed by atoms with Gasteiger partial charge in [0.2, 0.25) is 0 Å². The number of carbonyl (C=O) groups excluding carboxylic acids is 1. The number of para-hydroxylation sites is 1. The first kappa shape index (κ1) is 14.4. The van der Waals surface area contributed by atoms with E-state index in [1.165, 1.54) is 0 Å². The molecule has 3 aromatic rings. The van der Waals surface area contributed by atoms with Gasteiger partial charge in [0.25, 0.3) is 5.91 Å². The van der Waals surface area contributed by atoms with Crippen LogP contribution in [-0.4, -0.2) is 32.8 Å². The van der Waals surface area contributed by atoms with Crippen LogP contribution in [0.1, 0.15) is 34.5 Å². The summed E-state index contributed by atoms with van der Waals surface area (Å²) in [7, 11) is 1.79. The third kappa shape index (κ3) is 2.62. The number of nitrogens with zero attached hydrogens (tertiary/aromatic N) is 2. The Morgan fingerprint density at radius 1 is 1.23 bits per heavy atom. The van der Waals surface area contributed by atoms with Crippen molar-refractivity contribution in [3.63, 3.8) is 0 Å². The molecule has 2 aromatic heterocycles. The quantitative estimate of drug-likeness (QED) is 0.777. The largest absolute Gasteiger partial charge is 0.354 e. The van der Waals surface area contributed by atoms with E-state index in [0.29, 0.717) is 12.2 Å². The van der Waals surface area contributed by atoms with E-state index in [4.69, 9.17) is 0 Å². The summed E-state index contributed by atoms with van der Waals surface area (Å²) < 4.78 is 0. The summed E-state index contributed by atoms with van der Waals surface area (Å²) in [5.74, 6) is 0.763. The molecule has 2 N–H and O–H groups in total. The smallest absolute Gasteiger partial charge is 0.270 e. The molecule has 0 fully saturated rings. The van der Waals surface area contributed by atoms with Gasteiger partial charge in [-0.15, -0.1) is 0 Å². The molecule has 0 unspecified atom stereocenters. The van der Waals surface area contributed by atoms with E-state index in [9.17, 15) is 4.79 Å². The van der Waals surface area contributed by atoms with Crippen LogP contribution >= 0.6 is 0 Å². The lowest BCUT2D eigenvalue weighted by atomic mass is 10.2. The molecule has 5 heteroatoms. The molecule has 0 atom stereocenters. The van der Waals surface area contributed by atoms with Gasteiger partial charge in [0.15, 0.2) is 0 Å². The zero-order valence-electron chi connectivity index (χ0n) is 13.1. The average Bonchev–Trinajstić information content (AvgIpc) is 3.13. The van der Waals surface area contributed by atoms with Crippen LogP contribution in [-0.2, 0) is 13.0 Å². The third-order valence-corrected chi connectivity index (χ3v) is 3.85. The Hall–Kier alpha value is -2.56. The maximum atomic E-state index is 12.4. The number of aromatic nitrogens is 3. The Kier molecular flexibility index (Phi) is 3.71. The highest BCUT2D eigenvalue weighted by Crippen LogP contribution is 2.16. The van der Waals surface area contributed by atoms with Crippen LogP contribution in [0.2, 0.25) is 0 Å². The molecule has 0 saturated heterocycles. The summed E-state index contributed by atoms with van der Waals surface area (Å²) >= 11 is 0. The summed E-state index contributed by atoms with van der Waals surface area (Å²) in [6.45, 7) is 4.54. The Balaban J connectivity index is 1.78. The van der Waals surface area contributed by atoms with E-state index in [1.54, 1.807) is 11.9 Å². The highest BCUT2D eigenvalue weighted by molar-refractivity contribution is 5.92. The minimum atomic E-state index is -0.0307. The van der Waals surface area contributed by atoms with E-state index in [1.807, 2.05) is 37.3 Å². The van der Waals surface area contributed by atoms with Crippen LogP contribution < -0.4 is 0 Å². The number of hydrogen-bond acceptors (Lipinski definition) is 2. The fourth-order valence-electron chi connectivity index (χ4n) is 2.57. The number of hydrogen-bond donors (Lipinski definition) is 2. The van der Waals surface area contributed by atoms with Crippen LogP contribution in [0.25, 0.3) is 11.0 Å². The molecule has 0 bridgehead atoms. The van der Waals surface area contributed by atoms with Crippen molar-refractivity contribution >= 4 is 16.9 Å². The lowest BCUT2D eigenvalue weighted by Crippen LogP contribution is -2.27. The van der Waals surface area contributed by atoms with E-state index in [-0.39, 0.29) is 5.91 Å². The number of benzene rings is 1. The van der Waals surface area contributed by atoms with Crippen LogP contribution in [0.3, 0.4) is 0 Å². The Labute approximate surface area is 129 Å². The first-order valence-electron chi connectivity index (χ1n) is 7.46. The van der Waals surface area contributed by atoms with Gasteiger partial charge >= 0.3 is 0 Å². The molecule has 114 valence electrons. The van der Waals surface area contributed by atoms with Gasteiger partial charge < -0.3 is 14.9 Å². The molecule has 0 aliphatic rings. The second-order valence-electron chi connectivity index (χ2n) is 5.57. The minimum absolute atomic E-state index is 0.0307. The summed E-state index contributed by atoms with van der Waals surface area (Å²) in [6.07, 6.45) is 0.889. The first-order valence-corrected chi connectivity index (χ1v) is 7.46. The van der Waals surface area contributed by atoms with Gasteiger partial charge in [-0.2, -0.15) is 0 Å². The van der Waals surface area contributed by atoms with Crippen LogP contribution in [0.4, 0.5) is 0 Å². The van der Waals surface area contributed by atoms with Crippen molar-refractivity contribution in [3.8, 4) is 0 Å². The molecular weight excluding hydrogens is 276 g/mol. The minimum Gasteiger partial charge on any atom is -0.354 e. The summed E-state index contributed by atoms with van der Waals surface area (Å²) in [5, 5.41) is 0. The molecule has 0 aliphatic heterocycles. The molecule has 0 aliphatic carbocycles. The Bertz CT molecular complexity index is 815. The molecule has 0 spiro atoms. The summed E-state index contributed by atoms with van der Waals surface area (Å²) in [5.41, 5.74) is 4.78. The second kappa shape index (κ2) is 5.67. The fraction of sp³-hybridized carbons (Fsp3) is 0.294. The van der Waals surface area contributed by atoms with Crippen molar-refractivity contribution in [1.82, 2.24) is 19.9 Å². The standard InChI is InChI=1S/C17H20N4O/c1-4-12-8-9-14(18-12)17(22)21(3)10-15-19-13-7-5-6-11(2)16(13)20-15/h5-9,18H,4,10H2,1-3H3,(H,19,20). The van der Waals surface area contributed by atoms with Gasteiger partial charge in [-0.1, -0.05) is 19.1 Å². The lowest BCUT2D eigenvalue weighted by Gasteiger charge is -2.14.